The molecule has 1 aromatic rings. The van der Waals surface area contributed by atoms with E-state index in [4.69, 9.17) is 9.47 Å². The number of hydrogen-bond acceptors (Lipinski definition) is 4. The maximum atomic E-state index is 11.8. The van der Waals surface area contributed by atoms with Gasteiger partial charge in [-0.3, -0.25) is 4.79 Å². The zero-order valence-corrected chi connectivity index (χ0v) is 20.6. The third-order valence-corrected chi connectivity index (χ3v) is 5.47. The molecule has 0 N–H and O–H groups in total. The summed E-state index contributed by atoms with van der Waals surface area (Å²) in [5.41, 5.74) is 0.525. The molecule has 0 radical (unpaired) electrons. The molecule has 0 heterocycles. The van der Waals surface area contributed by atoms with Crippen LogP contribution < -0.4 is 0 Å². The van der Waals surface area contributed by atoms with E-state index in [1.165, 1.54) is 70.6 Å². The number of carbonyl (C=O) groups excluding carboxylic acids is 2. The number of unbranched alkanes of at least 4 members (excludes halogenated alkanes) is 11. The van der Waals surface area contributed by atoms with Crippen molar-refractivity contribution in [2.75, 3.05) is 13.2 Å². The molecular weight excluding hydrogens is 412 g/mol. The van der Waals surface area contributed by atoms with Gasteiger partial charge < -0.3 is 9.47 Å². The highest BCUT2D eigenvalue weighted by molar-refractivity contribution is 5.89. The maximum Gasteiger partial charge on any atom is 0.338 e. The Bertz CT molecular complexity index is 663. The summed E-state index contributed by atoms with van der Waals surface area (Å²) in [5.74, 6) is -0.528. The van der Waals surface area contributed by atoms with Crippen LogP contribution in [0.15, 0.2) is 54.6 Å². The molecule has 0 aliphatic rings. The van der Waals surface area contributed by atoms with Crippen molar-refractivity contribution in [1.29, 1.82) is 0 Å². The minimum absolute atomic E-state index is 0.166. The number of benzene rings is 1. The summed E-state index contributed by atoms with van der Waals surface area (Å²) in [7, 11) is 0. The molecule has 0 spiro atoms. The average Bonchev–Trinajstić information content (AvgIpc) is 2.84. The van der Waals surface area contributed by atoms with Gasteiger partial charge in [0.1, 0.15) is 13.2 Å². The zero-order chi connectivity index (χ0) is 23.8. The monoisotopic (exact) mass is 456 g/mol. The molecule has 0 amide bonds. The second-order valence-electron chi connectivity index (χ2n) is 8.45. The Morgan fingerprint density at radius 1 is 0.667 bits per heavy atom. The minimum Gasteiger partial charge on any atom is -0.461 e. The number of ether oxygens (including phenoxy) is 2. The molecule has 0 saturated carbocycles. The summed E-state index contributed by atoms with van der Waals surface area (Å²) in [5, 5.41) is 0. The smallest absolute Gasteiger partial charge is 0.338 e. The topological polar surface area (TPSA) is 52.6 Å². The molecular formula is C29H44O4. The first kappa shape index (κ1) is 28.7. The number of carbonyl (C=O) groups is 2. The Morgan fingerprint density at radius 3 is 1.85 bits per heavy atom. The highest BCUT2D eigenvalue weighted by atomic mass is 16.5. The van der Waals surface area contributed by atoms with Gasteiger partial charge in [-0.1, -0.05) is 88.6 Å². The summed E-state index contributed by atoms with van der Waals surface area (Å²) in [6, 6.07) is 8.86. The first-order chi connectivity index (χ1) is 16.2. The first-order valence-corrected chi connectivity index (χ1v) is 12.9. The fraction of sp³-hybridized carbons (Fsp3) is 0.586. The van der Waals surface area contributed by atoms with Gasteiger partial charge in [-0.05, 0) is 56.4 Å². The standard InChI is InChI=1S/C29H44O4/c1-2-3-4-5-6-7-8-9-10-11-12-13-14-15-19-24-28(30)32-25-20-21-26-33-29(31)27-22-17-16-18-23-27/h9-10,16-18,20-23H,2-8,11-15,19,24-26H2,1H3/b10-9-,21-20+. The molecule has 4 nitrogen and oxygen atoms in total. The first-order valence-electron chi connectivity index (χ1n) is 12.9. The lowest BCUT2D eigenvalue weighted by Gasteiger charge is -2.03. The fourth-order valence-corrected chi connectivity index (χ4v) is 3.47. The van der Waals surface area contributed by atoms with Crippen molar-refractivity contribution in [2.24, 2.45) is 0 Å². The Morgan fingerprint density at radius 2 is 1.21 bits per heavy atom. The summed E-state index contributed by atoms with van der Waals surface area (Å²) in [6.45, 7) is 2.64. The molecule has 0 fully saturated rings. The highest BCUT2D eigenvalue weighted by Crippen LogP contribution is 2.10. The molecule has 0 unspecified atom stereocenters. The van der Waals surface area contributed by atoms with E-state index in [0.717, 1.165) is 12.8 Å². The van der Waals surface area contributed by atoms with Gasteiger partial charge in [-0.15, -0.1) is 0 Å². The van der Waals surface area contributed by atoms with E-state index < -0.39 is 0 Å². The van der Waals surface area contributed by atoms with E-state index in [1.807, 2.05) is 6.07 Å². The Labute approximate surface area is 201 Å². The van der Waals surface area contributed by atoms with E-state index in [2.05, 4.69) is 19.1 Å². The lowest BCUT2D eigenvalue weighted by Crippen LogP contribution is -2.06. The van der Waals surface area contributed by atoms with Crippen LogP contribution in [0.5, 0.6) is 0 Å². The minimum atomic E-state index is -0.360. The van der Waals surface area contributed by atoms with Gasteiger partial charge in [0.2, 0.25) is 0 Å². The van der Waals surface area contributed by atoms with Gasteiger partial charge in [-0.25, -0.2) is 4.79 Å². The van der Waals surface area contributed by atoms with Crippen molar-refractivity contribution in [1.82, 2.24) is 0 Å². The van der Waals surface area contributed by atoms with Crippen molar-refractivity contribution in [3.05, 3.63) is 60.2 Å². The fourth-order valence-electron chi connectivity index (χ4n) is 3.47. The van der Waals surface area contributed by atoms with E-state index in [0.29, 0.717) is 12.0 Å². The predicted molar refractivity (Wildman–Crippen MR) is 136 cm³/mol. The number of rotatable bonds is 20. The lowest BCUT2D eigenvalue weighted by atomic mass is 10.1. The van der Waals surface area contributed by atoms with Crippen LogP contribution >= 0.6 is 0 Å². The Kier molecular flexibility index (Phi) is 18.7. The lowest BCUT2D eigenvalue weighted by molar-refractivity contribution is -0.142. The number of esters is 2. The summed E-state index contributed by atoms with van der Waals surface area (Å²) in [6.07, 6.45) is 24.7. The molecule has 0 aromatic heterocycles. The van der Waals surface area contributed by atoms with Gasteiger partial charge in [0.05, 0.1) is 5.56 Å². The van der Waals surface area contributed by atoms with Gasteiger partial charge in [0.15, 0.2) is 0 Å². The largest absolute Gasteiger partial charge is 0.461 e. The van der Waals surface area contributed by atoms with E-state index >= 15 is 0 Å². The Hall–Kier alpha value is -2.36. The zero-order valence-electron chi connectivity index (χ0n) is 20.6. The van der Waals surface area contributed by atoms with Crippen LogP contribution in [0.2, 0.25) is 0 Å². The van der Waals surface area contributed by atoms with E-state index in [9.17, 15) is 9.59 Å². The summed E-state index contributed by atoms with van der Waals surface area (Å²) in [4.78, 5) is 23.5. The van der Waals surface area contributed by atoms with Crippen LogP contribution in [-0.2, 0) is 14.3 Å². The van der Waals surface area contributed by atoms with E-state index in [1.54, 1.807) is 36.4 Å². The third-order valence-electron chi connectivity index (χ3n) is 5.47. The molecule has 1 rings (SSSR count). The highest BCUT2D eigenvalue weighted by Gasteiger charge is 2.04. The van der Waals surface area contributed by atoms with Crippen LogP contribution in [0.3, 0.4) is 0 Å². The normalized spacial score (nSPS) is 11.3. The maximum absolute atomic E-state index is 11.8. The summed E-state index contributed by atoms with van der Waals surface area (Å²) < 4.78 is 10.3. The molecule has 0 bridgehead atoms. The van der Waals surface area contributed by atoms with Gasteiger partial charge >= 0.3 is 11.9 Å². The number of allylic oxidation sites excluding steroid dienone is 2. The molecule has 0 atom stereocenters. The van der Waals surface area contributed by atoms with Gasteiger partial charge in [0, 0.05) is 6.42 Å². The van der Waals surface area contributed by atoms with Crippen LogP contribution in [0.25, 0.3) is 0 Å². The van der Waals surface area contributed by atoms with Crippen LogP contribution in [-0.4, -0.2) is 25.2 Å². The molecule has 4 heteroatoms. The molecule has 0 aliphatic heterocycles. The van der Waals surface area contributed by atoms with Crippen molar-refractivity contribution in [2.45, 2.75) is 96.8 Å². The van der Waals surface area contributed by atoms with Crippen molar-refractivity contribution in [3.63, 3.8) is 0 Å². The molecule has 0 saturated heterocycles. The molecule has 0 aliphatic carbocycles. The quantitative estimate of drug-likeness (QED) is 0.113. The van der Waals surface area contributed by atoms with Crippen LogP contribution in [0.1, 0.15) is 107 Å². The van der Waals surface area contributed by atoms with Crippen molar-refractivity contribution >= 4 is 11.9 Å². The van der Waals surface area contributed by atoms with Crippen molar-refractivity contribution < 1.29 is 19.1 Å². The second-order valence-corrected chi connectivity index (χ2v) is 8.45. The summed E-state index contributed by atoms with van der Waals surface area (Å²) >= 11 is 0. The van der Waals surface area contributed by atoms with Crippen LogP contribution in [0, 0.1) is 0 Å². The van der Waals surface area contributed by atoms with Crippen molar-refractivity contribution in [3.8, 4) is 0 Å². The van der Waals surface area contributed by atoms with Gasteiger partial charge in [-0.2, -0.15) is 0 Å². The SMILES string of the molecule is CCCCCCCC/C=C\CCCCCCCC(=O)OC/C=C/COC(=O)c1ccccc1. The molecule has 33 heavy (non-hydrogen) atoms. The number of hydrogen-bond donors (Lipinski definition) is 0. The predicted octanol–water partition coefficient (Wildman–Crippen LogP) is 7.98. The van der Waals surface area contributed by atoms with E-state index in [-0.39, 0.29) is 25.2 Å². The Balaban J connectivity index is 1.86. The molecule has 1 aromatic carbocycles. The van der Waals surface area contributed by atoms with Crippen LogP contribution in [0.4, 0.5) is 0 Å². The molecule has 184 valence electrons. The second kappa shape index (κ2) is 21.5. The van der Waals surface area contributed by atoms with Gasteiger partial charge in [0.25, 0.3) is 0 Å². The average molecular weight is 457 g/mol. The third kappa shape index (κ3) is 17.8.